The summed E-state index contributed by atoms with van der Waals surface area (Å²) < 4.78 is 5.04. The molecule has 0 saturated heterocycles. The minimum absolute atomic E-state index is 0.0191. The van der Waals surface area contributed by atoms with E-state index in [1.165, 1.54) is 4.90 Å². The molecule has 0 aliphatic heterocycles. The summed E-state index contributed by atoms with van der Waals surface area (Å²) in [5, 5.41) is 7.47. The highest BCUT2D eigenvalue weighted by Crippen LogP contribution is 2.14. The Balaban J connectivity index is 2.37. The Morgan fingerprint density at radius 1 is 1.08 bits per heavy atom. The van der Waals surface area contributed by atoms with E-state index in [0.717, 1.165) is 0 Å². The van der Waals surface area contributed by atoms with Crippen molar-refractivity contribution in [2.45, 2.75) is 19.9 Å². The molecule has 1 aromatic rings. The van der Waals surface area contributed by atoms with Crippen molar-refractivity contribution in [1.82, 2.24) is 15.5 Å². The van der Waals surface area contributed by atoms with E-state index < -0.39 is 11.9 Å². The van der Waals surface area contributed by atoms with E-state index in [1.807, 2.05) is 0 Å². The zero-order valence-electron chi connectivity index (χ0n) is 14.4. The number of carbonyl (C=O) groups is 3. The second-order valence-corrected chi connectivity index (χ2v) is 5.63. The Morgan fingerprint density at radius 3 is 2.21 bits per heavy atom. The molecule has 8 nitrogen and oxygen atoms in total. The van der Waals surface area contributed by atoms with E-state index in [9.17, 15) is 14.4 Å². The Bertz CT molecular complexity index is 572. The maximum atomic E-state index is 11.9. The summed E-state index contributed by atoms with van der Waals surface area (Å²) in [6.07, 6.45) is 0. The van der Waals surface area contributed by atoms with Gasteiger partial charge in [-0.15, -0.1) is 0 Å². The first-order chi connectivity index (χ1) is 11.3. The molecule has 0 fully saturated rings. The number of likely N-dealkylation sites (N-methyl/N-ethyl adjacent to an activating group) is 1. The molecule has 0 heterocycles. The fraction of sp³-hybridized carbons (Fsp3) is 0.438. The third-order valence-electron chi connectivity index (χ3n) is 2.87. The topological polar surface area (TPSA) is 99.8 Å². The van der Waals surface area contributed by atoms with Crippen LogP contribution in [0.2, 0.25) is 0 Å². The van der Waals surface area contributed by atoms with Gasteiger partial charge in [-0.25, -0.2) is 4.79 Å². The van der Waals surface area contributed by atoms with Crippen LogP contribution in [0.4, 0.5) is 10.5 Å². The molecular formula is C16H24N4O4. The van der Waals surface area contributed by atoms with Gasteiger partial charge in [-0.2, -0.15) is 0 Å². The number of rotatable bonds is 7. The predicted molar refractivity (Wildman–Crippen MR) is 90.9 cm³/mol. The molecule has 24 heavy (non-hydrogen) atoms. The lowest BCUT2D eigenvalue weighted by atomic mass is 10.3. The van der Waals surface area contributed by atoms with E-state index in [1.54, 1.807) is 52.3 Å². The van der Waals surface area contributed by atoms with Crippen molar-refractivity contribution < 1.29 is 19.1 Å². The van der Waals surface area contributed by atoms with Gasteiger partial charge in [0.25, 0.3) is 0 Å². The molecule has 0 atom stereocenters. The van der Waals surface area contributed by atoms with Crippen molar-refractivity contribution in [2.24, 2.45) is 0 Å². The Kier molecular flexibility index (Phi) is 7.70. The van der Waals surface area contributed by atoms with Crippen LogP contribution in [0.3, 0.4) is 0 Å². The number of amides is 4. The van der Waals surface area contributed by atoms with Gasteiger partial charge in [0, 0.05) is 11.7 Å². The molecule has 0 bridgehead atoms. The highest BCUT2D eigenvalue weighted by atomic mass is 16.5. The molecule has 0 aliphatic carbocycles. The molecule has 0 aliphatic rings. The first-order valence-electron chi connectivity index (χ1n) is 7.53. The number of hydrogen-bond acceptors (Lipinski definition) is 5. The van der Waals surface area contributed by atoms with Crippen LogP contribution in [0.25, 0.3) is 0 Å². The van der Waals surface area contributed by atoms with E-state index >= 15 is 0 Å². The van der Waals surface area contributed by atoms with E-state index in [0.29, 0.717) is 11.4 Å². The van der Waals surface area contributed by atoms with Gasteiger partial charge in [-0.05, 0) is 45.2 Å². The molecule has 1 aromatic carbocycles. The van der Waals surface area contributed by atoms with Crippen molar-refractivity contribution in [3.63, 3.8) is 0 Å². The predicted octanol–water partition coefficient (Wildman–Crippen LogP) is 0.800. The monoisotopic (exact) mass is 336 g/mol. The molecule has 0 saturated carbocycles. The molecule has 0 spiro atoms. The molecule has 1 rings (SSSR count). The number of nitrogens with one attached hydrogen (secondary N) is 3. The average molecular weight is 336 g/mol. The number of ether oxygens (including phenoxy) is 1. The molecule has 4 amide bonds. The second-order valence-electron chi connectivity index (χ2n) is 5.63. The number of nitrogens with zero attached hydrogens (tertiary/aromatic N) is 1. The number of methoxy groups -OCH3 is 1. The maximum absolute atomic E-state index is 11.9. The first-order valence-corrected chi connectivity index (χ1v) is 7.53. The number of urea groups is 1. The van der Waals surface area contributed by atoms with E-state index in [-0.39, 0.29) is 25.0 Å². The Labute approximate surface area is 141 Å². The summed E-state index contributed by atoms with van der Waals surface area (Å²) in [5.41, 5.74) is 0.634. The van der Waals surface area contributed by atoms with Crippen LogP contribution in [-0.4, -0.2) is 56.0 Å². The van der Waals surface area contributed by atoms with Gasteiger partial charge >= 0.3 is 6.03 Å². The lowest BCUT2D eigenvalue weighted by Gasteiger charge is -2.16. The molecule has 0 radical (unpaired) electrons. The smallest absolute Gasteiger partial charge is 0.321 e. The highest BCUT2D eigenvalue weighted by molar-refractivity contribution is 5.96. The van der Waals surface area contributed by atoms with Crippen LogP contribution in [-0.2, 0) is 9.59 Å². The van der Waals surface area contributed by atoms with Gasteiger partial charge in [0.1, 0.15) is 5.75 Å². The number of carbonyl (C=O) groups excluding carboxylic acids is 3. The summed E-state index contributed by atoms with van der Waals surface area (Å²) in [5.74, 6) is -0.0449. The summed E-state index contributed by atoms with van der Waals surface area (Å²) in [6.45, 7) is 3.53. The quantitative estimate of drug-likeness (QED) is 0.684. The third-order valence-corrected chi connectivity index (χ3v) is 2.87. The summed E-state index contributed by atoms with van der Waals surface area (Å²) in [7, 11) is 3.18. The van der Waals surface area contributed by atoms with Crippen LogP contribution in [0.5, 0.6) is 5.75 Å². The average Bonchev–Trinajstić information content (AvgIpc) is 2.46. The van der Waals surface area contributed by atoms with E-state index in [2.05, 4.69) is 16.0 Å². The minimum Gasteiger partial charge on any atom is -0.497 e. The number of anilines is 1. The van der Waals surface area contributed by atoms with Gasteiger partial charge in [0.2, 0.25) is 11.8 Å². The van der Waals surface area contributed by atoms with Crippen LogP contribution >= 0.6 is 0 Å². The number of benzene rings is 1. The highest BCUT2D eigenvalue weighted by Gasteiger charge is 2.13. The van der Waals surface area contributed by atoms with Crippen molar-refractivity contribution >= 4 is 23.5 Å². The van der Waals surface area contributed by atoms with Crippen molar-refractivity contribution in [3.8, 4) is 5.75 Å². The van der Waals surface area contributed by atoms with Crippen molar-refractivity contribution in [1.29, 1.82) is 0 Å². The van der Waals surface area contributed by atoms with Crippen molar-refractivity contribution in [3.05, 3.63) is 24.3 Å². The standard InChI is InChI=1S/C16H24N4O4/c1-11(2)17-16(23)19-15(22)10-20(3)9-14(21)18-12-5-7-13(24-4)8-6-12/h5-8,11H,9-10H2,1-4H3,(H,18,21)(H2,17,19,22,23). The lowest BCUT2D eigenvalue weighted by Crippen LogP contribution is -2.46. The molecular weight excluding hydrogens is 312 g/mol. The molecule has 3 N–H and O–H groups in total. The van der Waals surface area contributed by atoms with Crippen LogP contribution < -0.4 is 20.7 Å². The summed E-state index contributed by atoms with van der Waals surface area (Å²) in [4.78, 5) is 36.5. The Morgan fingerprint density at radius 2 is 1.67 bits per heavy atom. The first kappa shape index (κ1) is 19.4. The maximum Gasteiger partial charge on any atom is 0.321 e. The van der Waals surface area contributed by atoms with Gasteiger partial charge in [0.15, 0.2) is 0 Å². The SMILES string of the molecule is COc1ccc(NC(=O)CN(C)CC(=O)NC(=O)NC(C)C)cc1. The van der Waals surface area contributed by atoms with Crippen LogP contribution in [0, 0.1) is 0 Å². The second kappa shape index (κ2) is 9.51. The zero-order chi connectivity index (χ0) is 18.1. The van der Waals surface area contributed by atoms with Crippen LogP contribution in [0.1, 0.15) is 13.8 Å². The largest absolute Gasteiger partial charge is 0.497 e. The minimum atomic E-state index is -0.550. The number of imide groups is 1. The van der Waals surface area contributed by atoms with Gasteiger partial charge in [-0.1, -0.05) is 0 Å². The van der Waals surface area contributed by atoms with Crippen molar-refractivity contribution in [2.75, 3.05) is 32.6 Å². The van der Waals surface area contributed by atoms with Gasteiger partial charge in [-0.3, -0.25) is 19.8 Å². The number of hydrogen-bond donors (Lipinski definition) is 3. The zero-order valence-corrected chi connectivity index (χ0v) is 14.4. The summed E-state index contributed by atoms with van der Waals surface area (Å²) in [6, 6.07) is 6.30. The Hall–Kier alpha value is -2.61. The van der Waals surface area contributed by atoms with Crippen LogP contribution in [0.15, 0.2) is 24.3 Å². The molecule has 132 valence electrons. The summed E-state index contributed by atoms with van der Waals surface area (Å²) >= 11 is 0. The molecule has 0 unspecified atom stereocenters. The lowest BCUT2D eigenvalue weighted by molar-refractivity contribution is -0.122. The molecule has 0 aromatic heterocycles. The normalized spacial score (nSPS) is 10.4. The third kappa shape index (κ3) is 7.59. The fourth-order valence-electron chi connectivity index (χ4n) is 1.89. The molecule has 8 heteroatoms. The van der Waals surface area contributed by atoms with Gasteiger partial charge < -0.3 is 15.4 Å². The fourth-order valence-corrected chi connectivity index (χ4v) is 1.89. The van der Waals surface area contributed by atoms with Gasteiger partial charge in [0.05, 0.1) is 20.2 Å². The van der Waals surface area contributed by atoms with E-state index in [4.69, 9.17) is 4.74 Å².